The van der Waals surface area contributed by atoms with Crippen molar-refractivity contribution in [1.29, 1.82) is 0 Å². The topological polar surface area (TPSA) is 66.5 Å². The maximum atomic E-state index is 8.09. The largest absolute Gasteiger partial charge is 0.396 e. The minimum absolute atomic E-state index is 0.195. The molecule has 0 rings (SSSR count). The zero-order chi connectivity index (χ0) is 6.83. The molecule has 0 aromatic heterocycles. The van der Waals surface area contributed by atoms with E-state index in [2.05, 4.69) is 5.40 Å². The van der Waals surface area contributed by atoms with Crippen LogP contribution in [0.2, 0.25) is 0 Å². The Morgan fingerprint density at radius 1 is 1.00 bits per heavy atom. The van der Waals surface area contributed by atoms with Gasteiger partial charge in [0.25, 0.3) is 0 Å². The smallest absolute Gasteiger partial charge is 0.0716 e. The van der Waals surface area contributed by atoms with Gasteiger partial charge in [0.05, 0.1) is 10.4 Å². The Morgan fingerprint density at radius 3 is 1.38 bits per heavy atom. The number of rotatable bonds is 3. The van der Waals surface area contributed by atoms with Gasteiger partial charge in [0.1, 0.15) is 0 Å². The second kappa shape index (κ2) is 15.7. The van der Waals surface area contributed by atoms with Crippen molar-refractivity contribution in [3.8, 4) is 0 Å². The van der Waals surface area contributed by atoms with Gasteiger partial charge >= 0.3 is 0 Å². The Hall–Kier alpha value is 0.0969. The first-order valence-corrected chi connectivity index (χ1v) is 3.86. The van der Waals surface area contributed by atoms with Crippen molar-refractivity contribution in [3.05, 3.63) is 0 Å². The highest BCUT2D eigenvalue weighted by molar-refractivity contribution is 6.02. The highest BCUT2D eigenvalue weighted by atomic mass is 28.2. The molecule has 0 aliphatic carbocycles. The summed E-state index contributed by atoms with van der Waals surface area (Å²) in [7, 11) is 0.806. The highest BCUT2D eigenvalue weighted by Gasteiger charge is 1.77. The van der Waals surface area contributed by atoms with E-state index in [4.69, 9.17) is 10.2 Å². The van der Waals surface area contributed by atoms with Crippen LogP contribution in [-0.4, -0.2) is 33.8 Å². The second-order valence-electron chi connectivity index (χ2n) is 1.15. The van der Waals surface area contributed by atoms with E-state index >= 15 is 0 Å². The van der Waals surface area contributed by atoms with E-state index in [1.165, 1.54) is 0 Å². The Bertz CT molecular complexity index is 26.0. The minimum Gasteiger partial charge on any atom is -0.396 e. The lowest BCUT2D eigenvalue weighted by Gasteiger charge is -1.85. The van der Waals surface area contributed by atoms with Gasteiger partial charge in [-0.25, -0.2) is 0 Å². The first kappa shape index (κ1) is 11.0. The van der Waals surface area contributed by atoms with Gasteiger partial charge in [-0.15, -0.1) is 0 Å². The summed E-state index contributed by atoms with van der Waals surface area (Å²) in [4.78, 5) is 0. The molecular formula is C4H15NO2Si. The lowest BCUT2D eigenvalue weighted by molar-refractivity contribution is 0.242. The molecule has 0 unspecified atom stereocenters. The molecule has 0 aliphatic heterocycles. The maximum Gasteiger partial charge on any atom is 0.0716 e. The third-order valence-corrected chi connectivity index (χ3v) is 0.566. The fraction of sp³-hybridized carbons (Fsp3) is 1.00. The molecule has 0 atom stereocenters. The van der Waals surface area contributed by atoms with Gasteiger partial charge in [0.15, 0.2) is 0 Å². The molecule has 0 heterocycles. The van der Waals surface area contributed by atoms with Crippen LogP contribution in [0.15, 0.2) is 0 Å². The maximum absolute atomic E-state index is 8.09. The third-order valence-electron chi connectivity index (χ3n) is 0.566. The number of hydrogen-bond donors (Lipinski definition) is 3. The molecule has 0 spiro atoms. The van der Waals surface area contributed by atoms with Crippen LogP contribution in [0.25, 0.3) is 0 Å². The molecule has 8 heavy (non-hydrogen) atoms. The molecule has 0 saturated carbocycles. The molecule has 4 N–H and O–H groups in total. The number of hydrogen-bond acceptors (Lipinski definition) is 3. The van der Waals surface area contributed by atoms with Crippen molar-refractivity contribution in [2.45, 2.75) is 12.8 Å². The number of aliphatic hydroxyl groups excluding tert-OH is 2. The number of nitrogens with two attached hydrogens (primary N) is 1. The van der Waals surface area contributed by atoms with E-state index in [0.717, 1.165) is 23.2 Å². The molecule has 52 valence electrons. The van der Waals surface area contributed by atoms with Crippen LogP contribution in [0.1, 0.15) is 12.8 Å². The summed E-state index contributed by atoms with van der Waals surface area (Å²) >= 11 is 0. The Morgan fingerprint density at radius 2 is 1.25 bits per heavy atom. The fourth-order valence-corrected chi connectivity index (χ4v) is 0.224. The quantitative estimate of drug-likeness (QED) is 0.311. The van der Waals surface area contributed by atoms with Crippen LogP contribution < -0.4 is 5.40 Å². The van der Waals surface area contributed by atoms with E-state index in [0.29, 0.717) is 0 Å². The third kappa shape index (κ3) is 16.5. The Kier molecular flexibility index (Phi) is 21.6. The van der Waals surface area contributed by atoms with Gasteiger partial charge in [0.2, 0.25) is 0 Å². The molecule has 0 radical (unpaired) electrons. The summed E-state index contributed by atoms with van der Waals surface area (Å²) in [6, 6.07) is 0. The van der Waals surface area contributed by atoms with E-state index in [9.17, 15) is 0 Å². The predicted octanol–water partition coefficient (Wildman–Crippen LogP) is -2.02. The lowest BCUT2D eigenvalue weighted by Crippen LogP contribution is -1.85. The van der Waals surface area contributed by atoms with E-state index in [1.807, 2.05) is 0 Å². The second-order valence-corrected chi connectivity index (χ2v) is 1.15. The Labute approximate surface area is 53.0 Å². The van der Waals surface area contributed by atoms with Crippen LogP contribution in [0.4, 0.5) is 0 Å². The van der Waals surface area contributed by atoms with Crippen molar-refractivity contribution in [2.75, 3.05) is 13.2 Å². The average Bonchev–Trinajstić information content (AvgIpc) is 1.88. The zero-order valence-electron chi connectivity index (χ0n) is 5.30. The average molecular weight is 137 g/mol. The van der Waals surface area contributed by atoms with Gasteiger partial charge in [-0.2, -0.15) is 0 Å². The van der Waals surface area contributed by atoms with Gasteiger partial charge in [-0.1, -0.05) is 0 Å². The van der Waals surface area contributed by atoms with E-state index in [-0.39, 0.29) is 13.2 Å². The van der Waals surface area contributed by atoms with Crippen molar-refractivity contribution in [1.82, 2.24) is 0 Å². The summed E-state index contributed by atoms with van der Waals surface area (Å²) in [5.41, 5.74) is 0. The highest BCUT2D eigenvalue weighted by Crippen LogP contribution is 1.80. The predicted molar refractivity (Wildman–Crippen MR) is 37.5 cm³/mol. The van der Waals surface area contributed by atoms with Gasteiger partial charge in [0, 0.05) is 13.2 Å². The van der Waals surface area contributed by atoms with E-state index in [1.54, 1.807) is 0 Å². The molecule has 0 aliphatic rings. The summed E-state index contributed by atoms with van der Waals surface area (Å²) in [5.74, 6) is 0. The summed E-state index contributed by atoms with van der Waals surface area (Å²) in [6.07, 6.45) is 1.44. The summed E-state index contributed by atoms with van der Waals surface area (Å²) in [6.45, 7) is 0.390. The van der Waals surface area contributed by atoms with E-state index < -0.39 is 0 Å². The molecule has 0 aromatic carbocycles. The number of aliphatic hydroxyl groups is 2. The molecule has 4 heteroatoms. The van der Waals surface area contributed by atoms with Gasteiger partial charge < -0.3 is 15.6 Å². The van der Waals surface area contributed by atoms with Crippen molar-refractivity contribution >= 4 is 10.4 Å². The molecular weight excluding hydrogens is 122 g/mol. The molecule has 0 bridgehead atoms. The fourth-order valence-electron chi connectivity index (χ4n) is 0.224. The molecule has 3 nitrogen and oxygen atoms in total. The van der Waals surface area contributed by atoms with Crippen LogP contribution in [0.3, 0.4) is 0 Å². The first-order chi connectivity index (χ1) is 3.91. The van der Waals surface area contributed by atoms with Gasteiger partial charge in [-0.3, -0.25) is 0 Å². The van der Waals surface area contributed by atoms with Crippen molar-refractivity contribution in [2.24, 2.45) is 5.40 Å². The summed E-state index contributed by atoms with van der Waals surface area (Å²) < 4.78 is 0. The molecule has 0 fully saturated rings. The Balaban J connectivity index is 0. The molecule has 0 amide bonds. The first-order valence-electron chi connectivity index (χ1n) is 2.71. The number of unbranched alkanes of at least 4 members (excludes halogenated alkanes) is 1. The SMILES string of the molecule is N[SiH3].OCCCCO. The van der Waals surface area contributed by atoms with Crippen molar-refractivity contribution in [3.63, 3.8) is 0 Å². The monoisotopic (exact) mass is 137 g/mol. The van der Waals surface area contributed by atoms with Crippen LogP contribution in [0, 0.1) is 0 Å². The normalized spacial score (nSPS) is 7.88. The van der Waals surface area contributed by atoms with Crippen molar-refractivity contribution < 1.29 is 10.2 Å². The summed E-state index contributed by atoms with van der Waals surface area (Å²) in [5, 5.41) is 20.8. The minimum atomic E-state index is 0.195. The van der Waals surface area contributed by atoms with Crippen LogP contribution in [-0.2, 0) is 0 Å². The van der Waals surface area contributed by atoms with Gasteiger partial charge in [-0.05, 0) is 12.8 Å². The standard InChI is InChI=1S/C4H10O2.H5NSi/c5-3-1-2-4-6;1-2/h5-6H,1-4H2;1H2,2H3. The molecule has 0 aromatic rings. The van der Waals surface area contributed by atoms with Crippen LogP contribution in [0.5, 0.6) is 0 Å². The van der Waals surface area contributed by atoms with Crippen LogP contribution >= 0.6 is 0 Å². The lowest BCUT2D eigenvalue weighted by atomic mass is 10.3. The molecule has 0 saturated heterocycles. The zero-order valence-corrected chi connectivity index (χ0v) is 7.30.